The van der Waals surface area contributed by atoms with E-state index in [2.05, 4.69) is 4.98 Å². The van der Waals surface area contributed by atoms with E-state index in [9.17, 15) is 14.4 Å². The van der Waals surface area contributed by atoms with Gasteiger partial charge >= 0.3 is 11.7 Å². The lowest BCUT2D eigenvalue weighted by Crippen LogP contribution is -2.49. The third kappa shape index (κ3) is 3.23. The first-order valence-electron chi connectivity index (χ1n) is 7.52. The van der Waals surface area contributed by atoms with Crippen LogP contribution in [0, 0.1) is 0 Å². The Labute approximate surface area is 137 Å². The minimum Gasteiger partial charge on any atom is -0.479 e. The molecule has 2 aromatic rings. The van der Waals surface area contributed by atoms with Crippen LogP contribution in [0.2, 0.25) is 0 Å². The molecular formula is C16H17N3O5. The smallest absolute Gasteiger partial charge is 0.334 e. The van der Waals surface area contributed by atoms with Crippen LogP contribution in [-0.2, 0) is 16.1 Å². The SMILES string of the molecule is O=C(O)C1CN(C(=O)c2c[nH]c(=O)n2Cc2ccccc2)CCO1. The van der Waals surface area contributed by atoms with Crippen molar-refractivity contribution < 1.29 is 19.4 Å². The van der Waals surface area contributed by atoms with Crippen LogP contribution in [0.15, 0.2) is 41.3 Å². The van der Waals surface area contributed by atoms with Gasteiger partial charge in [-0.1, -0.05) is 30.3 Å². The second-order valence-corrected chi connectivity index (χ2v) is 5.50. The maximum atomic E-state index is 12.7. The lowest BCUT2D eigenvalue weighted by Gasteiger charge is -2.30. The molecule has 1 aliphatic heterocycles. The minimum absolute atomic E-state index is 0.0428. The van der Waals surface area contributed by atoms with Gasteiger partial charge < -0.3 is 19.7 Å². The number of hydrogen-bond acceptors (Lipinski definition) is 4. The standard InChI is InChI=1S/C16H17N3O5/c20-14(18-6-7-24-13(10-18)15(21)22)12-8-17-16(23)19(12)9-11-4-2-1-3-5-11/h1-5,8,13H,6-7,9-10H2,(H,17,23)(H,21,22). The zero-order valence-electron chi connectivity index (χ0n) is 12.8. The zero-order valence-corrected chi connectivity index (χ0v) is 12.8. The molecule has 0 bridgehead atoms. The second kappa shape index (κ2) is 6.71. The largest absolute Gasteiger partial charge is 0.479 e. The van der Waals surface area contributed by atoms with Gasteiger partial charge in [-0.25, -0.2) is 9.59 Å². The van der Waals surface area contributed by atoms with Gasteiger partial charge in [-0.05, 0) is 5.56 Å². The van der Waals surface area contributed by atoms with Crippen LogP contribution < -0.4 is 5.69 Å². The first-order chi connectivity index (χ1) is 11.6. The quantitative estimate of drug-likeness (QED) is 0.830. The molecule has 1 fully saturated rings. The number of carboxylic acid groups (broad SMARTS) is 1. The summed E-state index contributed by atoms with van der Waals surface area (Å²) >= 11 is 0. The number of ether oxygens (including phenoxy) is 1. The fourth-order valence-corrected chi connectivity index (χ4v) is 2.64. The number of aromatic nitrogens is 2. The Morgan fingerprint density at radius 3 is 2.75 bits per heavy atom. The molecule has 8 heteroatoms. The van der Waals surface area contributed by atoms with Crippen molar-refractivity contribution in [2.75, 3.05) is 19.7 Å². The molecule has 8 nitrogen and oxygen atoms in total. The number of aliphatic carboxylic acids is 1. The van der Waals surface area contributed by atoms with E-state index >= 15 is 0 Å². The molecule has 1 amide bonds. The summed E-state index contributed by atoms with van der Waals surface area (Å²) in [5.41, 5.74) is 0.707. The number of imidazole rings is 1. The Kier molecular flexibility index (Phi) is 4.48. The summed E-state index contributed by atoms with van der Waals surface area (Å²) in [5, 5.41) is 9.04. The molecule has 1 atom stereocenters. The number of morpholine rings is 1. The summed E-state index contributed by atoms with van der Waals surface area (Å²) in [5.74, 6) is -1.50. The number of nitrogens with zero attached hydrogens (tertiary/aromatic N) is 2. The second-order valence-electron chi connectivity index (χ2n) is 5.50. The van der Waals surface area contributed by atoms with Crippen molar-refractivity contribution in [1.82, 2.24) is 14.5 Å². The molecule has 3 rings (SSSR count). The van der Waals surface area contributed by atoms with Gasteiger partial charge in [0.05, 0.1) is 19.7 Å². The van der Waals surface area contributed by atoms with Crippen molar-refractivity contribution in [2.24, 2.45) is 0 Å². The number of H-pyrrole nitrogens is 1. The van der Waals surface area contributed by atoms with Gasteiger partial charge in [0, 0.05) is 12.7 Å². The van der Waals surface area contributed by atoms with Crippen molar-refractivity contribution in [3.05, 3.63) is 58.3 Å². The maximum Gasteiger partial charge on any atom is 0.334 e. The van der Waals surface area contributed by atoms with Gasteiger partial charge in [0.15, 0.2) is 6.10 Å². The number of hydrogen-bond donors (Lipinski definition) is 2. The van der Waals surface area contributed by atoms with Crippen LogP contribution in [-0.4, -0.2) is 57.2 Å². The third-order valence-electron chi connectivity index (χ3n) is 3.90. The molecule has 126 valence electrons. The van der Waals surface area contributed by atoms with Crippen LogP contribution in [0.25, 0.3) is 0 Å². The van der Waals surface area contributed by atoms with E-state index in [4.69, 9.17) is 9.84 Å². The molecule has 0 radical (unpaired) electrons. The molecule has 1 aromatic carbocycles. The topological polar surface area (TPSA) is 105 Å². The van der Waals surface area contributed by atoms with E-state index in [0.29, 0.717) is 0 Å². The molecule has 24 heavy (non-hydrogen) atoms. The summed E-state index contributed by atoms with van der Waals surface area (Å²) in [6.07, 6.45) is 0.315. The highest BCUT2D eigenvalue weighted by atomic mass is 16.5. The Bertz CT molecular complexity index is 796. The molecular weight excluding hydrogens is 314 g/mol. The van der Waals surface area contributed by atoms with E-state index < -0.39 is 12.1 Å². The average molecular weight is 331 g/mol. The fourth-order valence-electron chi connectivity index (χ4n) is 2.64. The maximum absolute atomic E-state index is 12.7. The molecule has 0 spiro atoms. The van der Waals surface area contributed by atoms with Crippen molar-refractivity contribution in [3.8, 4) is 0 Å². The number of nitrogens with one attached hydrogen (secondary N) is 1. The number of carboxylic acids is 1. The average Bonchev–Trinajstić information content (AvgIpc) is 2.96. The molecule has 2 N–H and O–H groups in total. The highest BCUT2D eigenvalue weighted by molar-refractivity contribution is 5.93. The van der Waals surface area contributed by atoms with Crippen molar-refractivity contribution in [1.29, 1.82) is 0 Å². The van der Waals surface area contributed by atoms with Crippen LogP contribution in [0.5, 0.6) is 0 Å². The lowest BCUT2D eigenvalue weighted by atomic mass is 10.2. The van der Waals surface area contributed by atoms with Crippen molar-refractivity contribution in [2.45, 2.75) is 12.6 Å². The lowest BCUT2D eigenvalue weighted by molar-refractivity contribution is -0.154. The normalized spacial score (nSPS) is 17.7. The molecule has 1 saturated heterocycles. The van der Waals surface area contributed by atoms with Gasteiger partial charge in [-0.2, -0.15) is 0 Å². The molecule has 1 aromatic heterocycles. The molecule has 0 aliphatic carbocycles. The van der Waals surface area contributed by atoms with E-state index in [1.165, 1.54) is 15.7 Å². The summed E-state index contributed by atoms with van der Waals surface area (Å²) in [7, 11) is 0. The van der Waals surface area contributed by atoms with Crippen LogP contribution in [0.4, 0.5) is 0 Å². The summed E-state index contributed by atoms with van der Waals surface area (Å²) in [6, 6.07) is 9.31. The molecule has 1 unspecified atom stereocenters. The number of amides is 1. The third-order valence-corrected chi connectivity index (χ3v) is 3.90. The predicted molar refractivity (Wildman–Crippen MR) is 83.9 cm³/mol. The van der Waals surface area contributed by atoms with Crippen LogP contribution in [0.3, 0.4) is 0 Å². The summed E-state index contributed by atoms with van der Waals surface area (Å²) in [4.78, 5) is 39.7. The fraction of sp³-hybridized carbons (Fsp3) is 0.312. The van der Waals surface area contributed by atoms with Crippen LogP contribution >= 0.6 is 0 Å². The highest BCUT2D eigenvalue weighted by Gasteiger charge is 2.31. The monoisotopic (exact) mass is 331 g/mol. The number of carbonyl (C=O) groups excluding carboxylic acids is 1. The number of aromatic amines is 1. The van der Waals surface area contributed by atoms with Crippen molar-refractivity contribution in [3.63, 3.8) is 0 Å². The molecule has 0 saturated carbocycles. The number of rotatable bonds is 4. The number of benzene rings is 1. The van der Waals surface area contributed by atoms with Gasteiger partial charge in [-0.15, -0.1) is 0 Å². The van der Waals surface area contributed by atoms with Gasteiger partial charge in [0.1, 0.15) is 5.69 Å². The molecule has 2 heterocycles. The van der Waals surface area contributed by atoms with E-state index in [1.807, 2.05) is 30.3 Å². The van der Waals surface area contributed by atoms with Crippen LogP contribution in [0.1, 0.15) is 16.1 Å². The Morgan fingerprint density at radius 2 is 2.04 bits per heavy atom. The Hall–Kier alpha value is -2.87. The zero-order chi connectivity index (χ0) is 17.1. The van der Waals surface area contributed by atoms with Gasteiger partial charge in [0.2, 0.25) is 0 Å². The first-order valence-corrected chi connectivity index (χ1v) is 7.52. The Balaban J connectivity index is 1.83. The Morgan fingerprint density at radius 1 is 1.29 bits per heavy atom. The summed E-state index contributed by atoms with van der Waals surface area (Å²) in [6.45, 7) is 0.652. The van der Waals surface area contributed by atoms with E-state index in [0.717, 1.165) is 5.56 Å². The molecule has 1 aliphatic rings. The predicted octanol–water partition coefficient (Wildman–Crippen LogP) is 0.150. The minimum atomic E-state index is -1.11. The first kappa shape index (κ1) is 16.0. The van der Waals surface area contributed by atoms with Gasteiger partial charge in [-0.3, -0.25) is 9.36 Å². The van der Waals surface area contributed by atoms with E-state index in [-0.39, 0.29) is 43.5 Å². The summed E-state index contributed by atoms with van der Waals surface area (Å²) < 4.78 is 6.47. The van der Waals surface area contributed by atoms with E-state index in [1.54, 1.807) is 0 Å². The van der Waals surface area contributed by atoms with Gasteiger partial charge in [0.25, 0.3) is 5.91 Å². The van der Waals surface area contributed by atoms with Crippen molar-refractivity contribution >= 4 is 11.9 Å². The number of carbonyl (C=O) groups is 2. The highest BCUT2D eigenvalue weighted by Crippen LogP contribution is 2.11.